The van der Waals surface area contributed by atoms with E-state index in [9.17, 15) is 0 Å². The van der Waals surface area contributed by atoms with E-state index in [2.05, 4.69) is 247 Å². The SMILES string of the molecule is CC(C)(C)c1ccnc(-n2c3[c-]c(Oc4[c-]c([N+]5=C=[N+](c6ccccc6-c6ccc(C7(c8ccccc8)c8ccccc8-c8ccccc87)cc6)c6ccccc65)ccc4)ccc3c3ccccc32)c1.[Pt+2]. The number of fused-ring (bicyclic) bond motifs is 7. The maximum absolute atomic E-state index is 6.64. The van der Waals surface area contributed by atoms with Gasteiger partial charge in [-0.15, -0.1) is 23.6 Å². The van der Waals surface area contributed by atoms with E-state index < -0.39 is 5.41 Å². The van der Waals surface area contributed by atoms with Crippen molar-refractivity contribution in [2.75, 3.05) is 0 Å². The van der Waals surface area contributed by atoms with Crippen molar-refractivity contribution in [2.45, 2.75) is 31.6 Å². The zero-order valence-electron chi connectivity index (χ0n) is 39.4. The van der Waals surface area contributed by atoms with Crippen molar-refractivity contribution in [2.24, 2.45) is 0 Å². The van der Waals surface area contributed by atoms with Crippen LogP contribution in [0, 0.1) is 12.1 Å². The van der Waals surface area contributed by atoms with Crippen LogP contribution in [0.4, 0.5) is 22.7 Å². The molecule has 3 heterocycles. The second-order valence-electron chi connectivity index (χ2n) is 19.2. The summed E-state index contributed by atoms with van der Waals surface area (Å²) >= 11 is 0. The summed E-state index contributed by atoms with van der Waals surface area (Å²) < 4.78 is 13.1. The summed E-state index contributed by atoms with van der Waals surface area (Å²) in [6, 6.07) is 88.7. The maximum atomic E-state index is 6.64. The predicted molar refractivity (Wildman–Crippen MR) is 285 cm³/mol. The van der Waals surface area contributed by atoms with Gasteiger partial charge in [-0.3, -0.25) is 0 Å². The van der Waals surface area contributed by atoms with Crippen LogP contribution in [-0.4, -0.2) is 15.6 Å². The van der Waals surface area contributed by atoms with Gasteiger partial charge in [0, 0.05) is 41.4 Å². The van der Waals surface area contributed by atoms with E-state index >= 15 is 0 Å². The van der Waals surface area contributed by atoms with Gasteiger partial charge in [-0.05, 0) is 84.1 Å². The summed E-state index contributed by atoms with van der Waals surface area (Å²) in [6.45, 7) is 6.68. The number of aromatic nitrogens is 2. The van der Waals surface area contributed by atoms with Crippen LogP contribution >= 0.6 is 0 Å². The number of ether oxygens (including phenoxy) is 1. The first-order valence-corrected chi connectivity index (χ1v) is 23.9. The van der Waals surface area contributed by atoms with Crippen molar-refractivity contribution in [1.29, 1.82) is 0 Å². The second kappa shape index (κ2) is 17.3. The predicted octanol–water partition coefficient (Wildman–Crippen LogP) is 15.8. The fourth-order valence-corrected chi connectivity index (χ4v) is 10.9. The zero-order chi connectivity index (χ0) is 47.0. The van der Waals surface area contributed by atoms with Crippen LogP contribution in [0.15, 0.2) is 225 Å². The molecule has 0 fully saturated rings. The number of hydrogen-bond donors (Lipinski definition) is 0. The summed E-state index contributed by atoms with van der Waals surface area (Å²) in [6.07, 6.45) is 1.90. The Morgan fingerprint density at radius 2 is 1.13 bits per heavy atom. The molecule has 0 atom stereocenters. The number of benzene rings is 9. The second-order valence-corrected chi connectivity index (χ2v) is 19.2. The molecule has 1 aliphatic carbocycles. The normalized spacial score (nSPS) is 13.2. The fraction of sp³-hybridized carbons (Fsp3) is 0.0769. The Labute approximate surface area is 428 Å². The number of hydrogen-bond acceptors (Lipinski definition) is 2. The number of rotatable bonds is 8. The molecular weight excluding hydrogens is 1050 g/mol. The molecule has 0 saturated carbocycles. The van der Waals surface area contributed by atoms with Crippen molar-refractivity contribution < 1.29 is 25.8 Å². The minimum atomic E-state index is -0.460. The third kappa shape index (κ3) is 7.15. The Morgan fingerprint density at radius 1 is 0.521 bits per heavy atom. The average molecular weight is 1090 g/mol. The molecule has 2 aromatic heterocycles. The van der Waals surface area contributed by atoms with Gasteiger partial charge in [0.1, 0.15) is 11.5 Å². The van der Waals surface area contributed by atoms with Crippen molar-refractivity contribution in [3.8, 4) is 39.6 Å². The molecule has 13 rings (SSSR count). The first-order chi connectivity index (χ1) is 34.3. The smallest absolute Gasteiger partial charge is 0.509 e. The Morgan fingerprint density at radius 3 is 1.86 bits per heavy atom. The molecule has 0 unspecified atom stereocenters. The monoisotopic (exact) mass is 1090 g/mol. The van der Waals surface area contributed by atoms with Crippen molar-refractivity contribution >= 4 is 50.6 Å². The van der Waals surface area contributed by atoms with Gasteiger partial charge >= 0.3 is 27.1 Å². The van der Waals surface area contributed by atoms with Crippen molar-refractivity contribution in [1.82, 2.24) is 18.7 Å². The zero-order valence-corrected chi connectivity index (χ0v) is 41.6. The van der Waals surface area contributed by atoms with E-state index in [1.54, 1.807) is 0 Å². The van der Waals surface area contributed by atoms with E-state index in [4.69, 9.17) is 9.72 Å². The van der Waals surface area contributed by atoms with Gasteiger partial charge in [0.2, 0.25) is 5.69 Å². The molecule has 2 aliphatic rings. The van der Waals surface area contributed by atoms with Crippen LogP contribution in [0.2, 0.25) is 0 Å². The van der Waals surface area contributed by atoms with Crippen molar-refractivity contribution in [3.05, 3.63) is 265 Å². The molecule has 0 N–H and O–H groups in total. The Bertz CT molecular complexity index is 3900. The average Bonchev–Trinajstić information content (AvgIpc) is 4.06. The standard InChI is InChI=1S/C65H46N4O.Pt/c1-64(2,3)47-38-39-66-63(40-47)69-59-29-14-10-25-54(59)55-37-36-50(42-62(55)69)70-49-21-17-20-48(41-49)67-43-68(61-31-16-15-30-60(61)67)58-28-13-9-22-51(58)44-32-34-46(35-33-44)65(45-18-5-4-6-19-45)56-26-11-7-23-52(56)53-24-8-12-27-57(53)65;/h4-40H,1-3H3;/q;+2. The van der Waals surface area contributed by atoms with Gasteiger partial charge in [0.25, 0.3) is 11.4 Å². The van der Waals surface area contributed by atoms with Gasteiger partial charge in [0.05, 0.1) is 11.0 Å². The van der Waals surface area contributed by atoms with E-state index in [-0.39, 0.29) is 26.5 Å². The van der Waals surface area contributed by atoms with E-state index in [0.717, 1.165) is 61.5 Å². The van der Waals surface area contributed by atoms with Crippen LogP contribution in [-0.2, 0) is 31.9 Å². The number of nitrogens with zero attached hydrogens (tertiary/aromatic N) is 4. The summed E-state index contributed by atoms with van der Waals surface area (Å²) in [5.41, 5.74) is 16.4. The molecule has 11 aromatic rings. The molecule has 71 heavy (non-hydrogen) atoms. The summed E-state index contributed by atoms with van der Waals surface area (Å²) in [4.78, 5) is 4.86. The first-order valence-electron chi connectivity index (χ1n) is 23.9. The molecule has 0 amide bonds. The molecule has 0 spiro atoms. The third-order valence-electron chi connectivity index (χ3n) is 14.1. The van der Waals surface area contributed by atoms with Gasteiger partial charge < -0.3 is 9.30 Å². The minimum absolute atomic E-state index is 0. The van der Waals surface area contributed by atoms with E-state index in [1.165, 1.54) is 38.9 Å². The molecule has 9 aromatic carbocycles. The van der Waals surface area contributed by atoms with Crippen molar-refractivity contribution in [3.63, 3.8) is 0 Å². The topological polar surface area (TPSA) is 33.1 Å². The Kier molecular flexibility index (Phi) is 10.8. The molecule has 5 nitrogen and oxygen atoms in total. The first kappa shape index (κ1) is 44.0. The molecule has 340 valence electrons. The van der Waals surface area contributed by atoms with Gasteiger partial charge in [0.15, 0.2) is 0 Å². The Hall–Kier alpha value is -8.20. The summed E-state index contributed by atoms with van der Waals surface area (Å²) in [5.74, 6) is 2.01. The van der Waals surface area contributed by atoms with E-state index in [1.807, 2.05) is 30.5 Å². The molecule has 0 saturated heterocycles. The van der Waals surface area contributed by atoms with Crippen LogP contribution in [0.5, 0.6) is 11.5 Å². The van der Waals surface area contributed by atoms with Gasteiger partial charge in [-0.1, -0.05) is 189 Å². The van der Waals surface area contributed by atoms with Crippen LogP contribution in [0.1, 0.15) is 48.6 Å². The van der Waals surface area contributed by atoms with Crippen LogP contribution in [0.25, 0.3) is 49.9 Å². The number of pyridine rings is 1. The number of para-hydroxylation sites is 4. The quantitative estimate of drug-likeness (QED) is 0.112. The molecule has 6 heteroatoms. The van der Waals surface area contributed by atoms with Crippen LogP contribution in [0.3, 0.4) is 0 Å². The van der Waals surface area contributed by atoms with Crippen LogP contribution < -0.4 is 13.9 Å². The largest absolute Gasteiger partial charge is 2.00 e. The molecule has 0 radical (unpaired) electrons. The molecular formula is C65H46N4OPt+2. The fourth-order valence-electron chi connectivity index (χ4n) is 10.9. The molecule has 0 bridgehead atoms. The maximum Gasteiger partial charge on any atom is 2.00 e. The third-order valence-corrected chi connectivity index (χ3v) is 14.1. The van der Waals surface area contributed by atoms with Gasteiger partial charge in [-0.2, -0.15) is 12.1 Å². The summed E-state index contributed by atoms with van der Waals surface area (Å²) in [5, 5.41) is 2.22. The minimum Gasteiger partial charge on any atom is -0.509 e. The molecule has 1 aliphatic heterocycles. The summed E-state index contributed by atoms with van der Waals surface area (Å²) in [7, 11) is 0. The van der Waals surface area contributed by atoms with Gasteiger partial charge in [-0.25, -0.2) is 4.98 Å². The van der Waals surface area contributed by atoms with E-state index in [0.29, 0.717) is 11.5 Å². The Balaban J connectivity index is 0.00000517.